The fourth-order valence-corrected chi connectivity index (χ4v) is 4.01. The van der Waals surface area contributed by atoms with Gasteiger partial charge in [-0.05, 0) is 107 Å². The first-order valence-electron chi connectivity index (χ1n) is 9.92. The van der Waals surface area contributed by atoms with Gasteiger partial charge >= 0.3 is 0 Å². The Labute approximate surface area is 203 Å². The maximum Gasteiger partial charge on any atom is 0.257 e. The number of carbonyl (C=O) groups is 2. The molecule has 2 saturated heterocycles. The van der Waals surface area contributed by atoms with E-state index in [-0.39, 0.29) is 11.8 Å². The molecule has 0 aromatic heterocycles. The van der Waals surface area contributed by atoms with Crippen LogP contribution in [-0.4, -0.2) is 38.2 Å². The topological polar surface area (TPSA) is 76.7 Å². The molecule has 2 aromatic carbocycles. The van der Waals surface area contributed by atoms with Crippen LogP contribution in [0.15, 0.2) is 36.4 Å². The second-order valence-corrected chi connectivity index (χ2v) is 9.42. The van der Waals surface area contributed by atoms with Gasteiger partial charge in [0.1, 0.15) is 0 Å². The minimum Gasteiger partial charge on any atom is -0.381 e. The third-order valence-corrected chi connectivity index (χ3v) is 5.95. The van der Waals surface area contributed by atoms with Crippen LogP contribution >= 0.6 is 45.2 Å². The van der Waals surface area contributed by atoms with Gasteiger partial charge in [-0.25, -0.2) is 0 Å². The van der Waals surface area contributed by atoms with Crippen LogP contribution < -0.4 is 10.6 Å². The highest BCUT2D eigenvalue weighted by Gasteiger charge is 2.22. The summed E-state index contributed by atoms with van der Waals surface area (Å²) in [7, 11) is 0. The summed E-state index contributed by atoms with van der Waals surface area (Å²) in [5.41, 5.74) is 1.98. The molecule has 30 heavy (non-hydrogen) atoms. The standard InChI is InChI=1S/C14H8I2N2O2.2C4H8O/c15-7-1-3-11-9(5-7)13(19)18-12-4-2-8(16)6-10(12)14(20)17-11;2*1-2-4-5-3-1/h1-6H,(H,17,20)(H,18,19);2*1-4H2. The molecular weight excluding hydrogens is 610 g/mol. The summed E-state index contributed by atoms with van der Waals surface area (Å²) in [6, 6.07) is 10.7. The molecule has 0 saturated carbocycles. The highest BCUT2D eigenvalue weighted by atomic mass is 127. The second kappa shape index (κ2) is 12.0. The van der Waals surface area contributed by atoms with E-state index in [0.29, 0.717) is 22.5 Å². The van der Waals surface area contributed by atoms with E-state index in [4.69, 9.17) is 9.47 Å². The predicted octanol–water partition coefficient (Wildman–Crippen LogP) is 5.31. The second-order valence-electron chi connectivity index (χ2n) is 6.93. The quantitative estimate of drug-likeness (QED) is 0.386. The van der Waals surface area contributed by atoms with Crippen molar-refractivity contribution in [2.75, 3.05) is 37.1 Å². The number of rotatable bonds is 0. The van der Waals surface area contributed by atoms with Crippen molar-refractivity contribution in [3.05, 3.63) is 54.7 Å². The number of carbonyl (C=O) groups excluding carboxylic acids is 2. The van der Waals surface area contributed by atoms with E-state index in [1.807, 2.05) is 12.1 Å². The summed E-state index contributed by atoms with van der Waals surface area (Å²) in [4.78, 5) is 24.6. The van der Waals surface area contributed by atoms with Crippen molar-refractivity contribution in [1.82, 2.24) is 0 Å². The largest absolute Gasteiger partial charge is 0.381 e. The molecule has 0 aliphatic carbocycles. The van der Waals surface area contributed by atoms with Crippen molar-refractivity contribution in [3.63, 3.8) is 0 Å². The third-order valence-electron chi connectivity index (χ3n) is 4.60. The van der Waals surface area contributed by atoms with E-state index >= 15 is 0 Å². The van der Waals surface area contributed by atoms with Gasteiger partial charge in [-0.1, -0.05) is 0 Å². The van der Waals surface area contributed by atoms with E-state index in [1.54, 1.807) is 24.3 Å². The first-order valence-corrected chi connectivity index (χ1v) is 12.1. The lowest BCUT2D eigenvalue weighted by Gasteiger charge is -2.18. The van der Waals surface area contributed by atoms with Crippen molar-refractivity contribution < 1.29 is 19.1 Å². The average Bonchev–Trinajstić information content (AvgIpc) is 3.48. The van der Waals surface area contributed by atoms with Gasteiger partial charge in [0.2, 0.25) is 0 Å². The zero-order chi connectivity index (χ0) is 21.3. The molecule has 0 radical (unpaired) electrons. The van der Waals surface area contributed by atoms with Gasteiger partial charge in [0.25, 0.3) is 11.8 Å². The van der Waals surface area contributed by atoms with Gasteiger partial charge < -0.3 is 20.1 Å². The van der Waals surface area contributed by atoms with E-state index in [2.05, 4.69) is 55.8 Å². The van der Waals surface area contributed by atoms with Crippen LogP contribution in [0.4, 0.5) is 11.4 Å². The number of amides is 2. The number of halogens is 2. The normalized spacial score (nSPS) is 17.0. The average molecular weight is 634 g/mol. The van der Waals surface area contributed by atoms with E-state index in [0.717, 1.165) is 33.6 Å². The molecule has 2 amide bonds. The minimum absolute atomic E-state index is 0.221. The molecule has 2 fully saturated rings. The van der Waals surface area contributed by atoms with Crippen molar-refractivity contribution in [3.8, 4) is 0 Å². The number of anilines is 2. The predicted molar refractivity (Wildman–Crippen MR) is 134 cm³/mol. The minimum atomic E-state index is -0.221. The van der Waals surface area contributed by atoms with Crippen LogP contribution in [0.25, 0.3) is 0 Å². The molecule has 6 nitrogen and oxygen atoms in total. The van der Waals surface area contributed by atoms with Crippen LogP contribution in [0.3, 0.4) is 0 Å². The van der Waals surface area contributed by atoms with Crippen molar-refractivity contribution in [1.29, 1.82) is 0 Å². The summed E-state index contributed by atoms with van der Waals surface area (Å²) >= 11 is 4.27. The molecule has 2 aromatic rings. The lowest BCUT2D eigenvalue weighted by atomic mass is 10.1. The Morgan fingerprint density at radius 2 is 1.00 bits per heavy atom. The SMILES string of the molecule is C1CCOC1.C1CCOC1.O=C1Nc2ccc(I)cc2C(=O)Nc2ccc(I)cc21. The Hall–Kier alpha value is -1.24. The Kier molecular flexibility index (Phi) is 9.34. The Balaban J connectivity index is 0.000000208. The molecule has 5 rings (SSSR count). The number of hydrogen-bond acceptors (Lipinski definition) is 4. The number of hydrogen-bond donors (Lipinski definition) is 2. The van der Waals surface area contributed by atoms with E-state index in [1.165, 1.54) is 25.7 Å². The van der Waals surface area contributed by atoms with Crippen LogP contribution in [0.5, 0.6) is 0 Å². The number of benzene rings is 2. The zero-order valence-electron chi connectivity index (χ0n) is 16.5. The Bertz CT molecular complexity index is 808. The molecule has 3 aliphatic heterocycles. The molecule has 0 unspecified atom stereocenters. The summed E-state index contributed by atoms with van der Waals surface area (Å²) < 4.78 is 11.8. The molecular formula is C22H24I2N2O4. The number of nitrogens with one attached hydrogen (secondary N) is 2. The van der Waals surface area contributed by atoms with Crippen LogP contribution in [0.1, 0.15) is 46.4 Å². The molecule has 0 bridgehead atoms. The number of ether oxygens (including phenoxy) is 2. The Morgan fingerprint density at radius 1 is 0.633 bits per heavy atom. The van der Waals surface area contributed by atoms with Crippen LogP contribution in [0, 0.1) is 7.14 Å². The zero-order valence-corrected chi connectivity index (χ0v) is 20.8. The van der Waals surface area contributed by atoms with E-state index in [9.17, 15) is 9.59 Å². The van der Waals surface area contributed by atoms with Gasteiger partial charge in [0.15, 0.2) is 0 Å². The monoisotopic (exact) mass is 634 g/mol. The highest BCUT2D eigenvalue weighted by molar-refractivity contribution is 14.1. The summed E-state index contributed by atoms with van der Waals surface area (Å²) in [6.45, 7) is 4.00. The first-order chi connectivity index (χ1) is 14.5. The van der Waals surface area contributed by atoms with Crippen molar-refractivity contribution >= 4 is 68.4 Å². The molecule has 8 heteroatoms. The van der Waals surface area contributed by atoms with Crippen molar-refractivity contribution in [2.24, 2.45) is 0 Å². The van der Waals surface area contributed by atoms with Crippen LogP contribution in [0.2, 0.25) is 0 Å². The smallest absolute Gasteiger partial charge is 0.257 e. The summed E-state index contributed by atoms with van der Waals surface area (Å²) in [6.07, 6.45) is 5.11. The van der Waals surface area contributed by atoms with Gasteiger partial charge in [-0.3, -0.25) is 9.59 Å². The molecule has 0 spiro atoms. The fourth-order valence-electron chi connectivity index (χ4n) is 3.03. The van der Waals surface area contributed by atoms with Crippen molar-refractivity contribution in [2.45, 2.75) is 25.7 Å². The summed E-state index contributed by atoms with van der Waals surface area (Å²) in [5.74, 6) is -0.443. The highest BCUT2D eigenvalue weighted by Crippen LogP contribution is 2.27. The lowest BCUT2D eigenvalue weighted by Crippen LogP contribution is -2.24. The van der Waals surface area contributed by atoms with E-state index < -0.39 is 0 Å². The maximum atomic E-state index is 12.3. The first kappa shape index (κ1) is 23.4. The van der Waals surface area contributed by atoms with Gasteiger partial charge in [0.05, 0.1) is 22.5 Å². The lowest BCUT2D eigenvalue weighted by molar-refractivity contribution is 0.102. The summed E-state index contributed by atoms with van der Waals surface area (Å²) in [5, 5.41) is 5.59. The molecule has 2 N–H and O–H groups in total. The molecule has 3 heterocycles. The van der Waals surface area contributed by atoms with Gasteiger partial charge in [-0.15, -0.1) is 0 Å². The van der Waals surface area contributed by atoms with Crippen LogP contribution in [-0.2, 0) is 9.47 Å². The number of fused-ring (bicyclic) bond motifs is 2. The maximum absolute atomic E-state index is 12.3. The molecule has 160 valence electrons. The Morgan fingerprint density at radius 3 is 1.30 bits per heavy atom. The third kappa shape index (κ3) is 6.89. The van der Waals surface area contributed by atoms with Gasteiger partial charge in [0, 0.05) is 33.6 Å². The molecule has 3 aliphatic rings. The van der Waals surface area contributed by atoms with Gasteiger partial charge in [-0.2, -0.15) is 0 Å². The fraction of sp³-hybridized carbons (Fsp3) is 0.364. The molecule has 0 atom stereocenters.